The number of nitrogens with one attached hydrogen (secondary N) is 1. The van der Waals surface area contributed by atoms with Gasteiger partial charge in [0.2, 0.25) is 11.9 Å². The van der Waals surface area contributed by atoms with Crippen molar-refractivity contribution in [1.82, 2.24) is 5.32 Å². The topological polar surface area (TPSA) is 146 Å². The normalized spacial score (nSPS) is 36.7. The summed E-state index contributed by atoms with van der Waals surface area (Å²) in [5.41, 5.74) is 0.445. The van der Waals surface area contributed by atoms with Gasteiger partial charge in [-0.15, -0.1) is 0 Å². The molecule has 4 aliphatic rings. The van der Waals surface area contributed by atoms with Gasteiger partial charge in [-0.2, -0.15) is 0 Å². The monoisotopic (exact) mass is 633 g/mol. The Kier molecular flexibility index (Phi) is 9.87. The highest BCUT2D eigenvalue weighted by Crippen LogP contribution is 2.44. The molecule has 1 aromatic rings. The van der Waals surface area contributed by atoms with Crippen LogP contribution in [0.5, 0.6) is 0 Å². The molecule has 1 aromatic carbocycles. The van der Waals surface area contributed by atoms with Crippen molar-refractivity contribution in [1.29, 1.82) is 0 Å². The minimum absolute atomic E-state index is 0.0205. The first-order chi connectivity index (χ1) is 21.4. The summed E-state index contributed by atoms with van der Waals surface area (Å²) in [6, 6.07) is 8.33. The Bertz CT molecular complexity index is 1260. The summed E-state index contributed by atoms with van der Waals surface area (Å²) in [5.74, 6) is -3.14. The summed E-state index contributed by atoms with van der Waals surface area (Å²) in [4.78, 5) is 39.1. The molecule has 0 aromatic heterocycles. The number of benzene rings is 1. The van der Waals surface area contributed by atoms with Gasteiger partial charge in [-0.25, -0.2) is 9.59 Å². The zero-order valence-corrected chi connectivity index (χ0v) is 26.5. The van der Waals surface area contributed by atoms with Gasteiger partial charge in [-0.3, -0.25) is 4.79 Å². The molecule has 248 valence electrons. The van der Waals surface area contributed by atoms with Crippen LogP contribution in [0.1, 0.15) is 50.9 Å². The Balaban J connectivity index is 1.42. The molecule has 0 unspecified atom stereocenters. The molecule has 1 amide bonds. The van der Waals surface area contributed by atoms with Gasteiger partial charge in [0.25, 0.3) is 5.91 Å². The van der Waals surface area contributed by atoms with Gasteiger partial charge < -0.3 is 47.9 Å². The fraction of sp³-hybridized carbons (Fsp3) is 0.656. The van der Waals surface area contributed by atoms with E-state index in [2.05, 4.69) is 11.9 Å². The molecule has 5 rings (SSSR count). The molecular weight excluding hydrogens is 590 g/mol. The molecule has 4 fully saturated rings. The van der Waals surface area contributed by atoms with E-state index in [0.717, 1.165) is 5.57 Å². The molecular formula is C32H43NO12. The third kappa shape index (κ3) is 6.60. The van der Waals surface area contributed by atoms with Crippen molar-refractivity contribution in [3.05, 3.63) is 48.0 Å². The zero-order chi connectivity index (χ0) is 32.5. The van der Waals surface area contributed by atoms with E-state index in [4.69, 9.17) is 42.6 Å². The maximum absolute atomic E-state index is 14.2. The maximum atomic E-state index is 14.2. The first kappa shape index (κ1) is 33.3. The first-order valence-corrected chi connectivity index (χ1v) is 15.1. The molecule has 4 aliphatic heterocycles. The summed E-state index contributed by atoms with van der Waals surface area (Å²) in [5, 5.41) is 2.87. The molecule has 0 bridgehead atoms. The second kappa shape index (κ2) is 13.3. The number of ether oxygens (including phenoxy) is 9. The first-order valence-electron chi connectivity index (χ1n) is 15.1. The summed E-state index contributed by atoms with van der Waals surface area (Å²) in [7, 11) is 2.97. The predicted octanol–water partition coefficient (Wildman–Crippen LogP) is 3.11. The van der Waals surface area contributed by atoms with Crippen molar-refractivity contribution >= 4 is 18.0 Å². The zero-order valence-electron chi connectivity index (χ0n) is 26.5. The van der Waals surface area contributed by atoms with Crippen molar-refractivity contribution in [2.45, 2.75) is 95.3 Å². The lowest BCUT2D eigenvalue weighted by molar-refractivity contribution is -0.332. The molecule has 0 saturated carbocycles. The Labute approximate surface area is 262 Å². The van der Waals surface area contributed by atoms with Crippen LogP contribution in [0.3, 0.4) is 0 Å². The van der Waals surface area contributed by atoms with Crippen LogP contribution in [0.25, 0.3) is 0 Å². The number of rotatable bonds is 9. The Morgan fingerprint density at radius 3 is 2.47 bits per heavy atom. The summed E-state index contributed by atoms with van der Waals surface area (Å²) in [6.45, 7) is 11.9. The highest BCUT2D eigenvalue weighted by Gasteiger charge is 2.58. The molecule has 0 aliphatic carbocycles. The molecule has 0 spiro atoms. The second-order valence-electron chi connectivity index (χ2n) is 12.6. The van der Waals surface area contributed by atoms with Crippen molar-refractivity contribution in [3.63, 3.8) is 0 Å². The smallest absolute Gasteiger partial charge is 0.443 e. The molecule has 4 saturated heterocycles. The standard InChI is InChI=1S/C32H43NO12/c1-17-14-32(38-7,45-19(3)18(17)2)26(44-29(35)20-11-9-8-10-12-20)27(34)33-28-24-23(40-16-41-28)25(37-6)31(4,5)22(43-24)13-21-15-39-30(36)42-21/h8-12,18-19,21-26,28H,1,13-16H2,2-7H3,(H,33,34)/t18-,19-,21+,22-,23+,24+,25-,26-,28+,32-/m1/s1. The van der Waals surface area contributed by atoms with E-state index in [9.17, 15) is 14.4 Å². The van der Waals surface area contributed by atoms with Crippen LogP contribution in [0.4, 0.5) is 4.79 Å². The highest BCUT2D eigenvalue weighted by atomic mass is 16.8. The maximum Gasteiger partial charge on any atom is 0.508 e. The van der Waals surface area contributed by atoms with Gasteiger partial charge in [0.05, 0.1) is 23.9 Å². The second-order valence-corrected chi connectivity index (χ2v) is 12.6. The van der Waals surface area contributed by atoms with E-state index in [1.54, 1.807) is 37.4 Å². The van der Waals surface area contributed by atoms with Crippen LogP contribution in [-0.4, -0.2) is 100 Å². The number of hydrogen-bond acceptors (Lipinski definition) is 12. The lowest BCUT2D eigenvalue weighted by atomic mass is 9.72. The number of cyclic esters (lactones) is 2. The molecule has 4 heterocycles. The average molecular weight is 634 g/mol. The molecule has 45 heavy (non-hydrogen) atoms. The lowest BCUT2D eigenvalue weighted by Crippen LogP contribution is -2.69. The van der Waals surface area contributed by atoms with Crippen LogP contribution in [0.15, 0.2) is 42.5 Å². The van der Waals surface area contributed by atoms with E-state index in [0.29, 0.717) is 6.42 Å². The predicted molar refractivity (Wildman–Crippen MR) is 156 cm³/mol. The molecule has 10 atom stereocenters. The Morgan fingerprint density at radius 1 is 1.11 bits per heavy atom. The highest BCUT2D eigenvalue weighted by molar-refractivity contribution is 5.92. The number of methoxy groups -OCH3 is 2. The average Bonchev–Trinajstić information content (AvgIpc) is 3.43. The van der Waals surface area contributed by atoms with E-state index < -0.39 is 72.1 Å². The van der Waals surface area contributed by atoms with Gasteiger partial charge in [0, 0.05) is 38.4 Å². The third-order valence-electron chi connectivity index (χ3n) is 9.40. The fourth-order valence-corrected chi connectivity index (χ4v) is 6.53. The Morgan fingerprint density at radius 2 is 1.84 bits per heavy atom. The SMILES string of the molecule is C=C1C[C@](OC)([C@H](OC(=O)c2ccccc2)C(=O)N[C@H]2OCO[C@H]3[C@@H]2O[C@H](C[C@H]2COC(=O)O2)C(C)(C)[C@@H]3OC)O[C@H](C)[C@@H]1C. The van der Waals surface area contributed by atoms with Crippen LogP contribution in [0.2, 0.25) is 0 Å². The summed E-state index contributed by atoms with van der Waals surface area (Å²) >= 11 is 0. The van der Waals surface area contributed by atoms with E-state index in [1.807, 2.05) is 27.7 Å². The van der Waals surface area contributed by atoms with Crippen LogP contribution in [-0.2, 0) is 47.4 Å². The van der Waals surface area contributed by atoms with Crippen molar-refractivity contribution in [2.24, 2.45) is 11.3 Å². The number of hydrogen-bond donors (Lipinski definition) is 1. The fourth-order valence-electron chi connectivity index (χ4n) is 6.53. The minimum atomic E-state index is -1.67. The summed E-state index contributed by atoms with van der Waals surface area (Å²) < 4.78 is 52.6. The lowest BCUT2D eigenvalue weighted by Gasteiger charge is -2.54. The van der Waals surface area contributed by atoms with Crippen LogP contribution >= 0.6 is 0 Å². The molecule has 13 heteroatoms. The van der Waals surface area contributed by atoms with Crippen molar-refractivity contribution in [3.8, 4) is 0 Å². The minimum Gasteiger partial charge on any atom is -0.443 e. The number of carbonyl (C=O) groups is 3. The molecule has 13 nitrogen and oxygen atoms in total. The van der Waals surface area contributed by atoms with Gasteiger partial charge in [-0.05, 0) is 19.1 Å². The number of amides is 1. The van der Waals surface area contributed by atoms with Gasteiger partial charge >= 0.3 is 12.1 Å². The number of carbonyl (C=O) groups excluding carboxylic acids is 3. The van der Waals surface area contributed by atoms with E-state index in [1.165, 1.54) is 7.11 Å². The Hall–Kier alpha value is -3.07. The van der Waals surface area contributed by atoms with Gasteiger partial charge in [0.1, 0.15) is 31.7 Å². The van der Waals surface area contributed by atoms with Crippen molar-refractivity contribution in [2.75, 3.05) is 27.6 Å². The number of esters is 1. The van der Waals surface area contributed by atoms with Crippen LogP contribution < -0.4 is 5.32 Å². The van der Waals surface area contributed by atoms with Crippen LogP contribution in [0, 0.1) is 11.3 Å². The number of fused-ring (bicyclic) bond motifs is 1. The van der Waals surface area contributed by atoms with Crippen molar-refractivity contribution < 1.29 is 57.0 Å². The van der Waals surface area contributed by atoms with Gasteiger partial charge in [-0.1, -0.05) is 51.1 Å². The molecule has 0 radical (unpaired) electrons. The largest absolute Gasteiger partial charge is 0.508 e. The van der Waals surface area contributed by atoms with E-state index >= 15 is 0 Å². The quantitative estimate of drug-likeness (QED) is 0.315. The summed E-state index contributed by atoms with van der Waals surface area (Å²) in [6.07, 6.45) is -6.26. The molecule has 1 N–H and O–H groups in total. The third-order valence-corrected chi connectivity index (χ3v) is 9.40. The van der Waals surface area contributed by atoms with Gasteiger partial charge in [0.15, 0.2) is 6.23 Å². The van der Waals surface area contributed by atoms with E-state index in [-0.39, 0.29) is 37.4 Å².